The number of carbonyl (C=O) groups is 1. The van der Waals surface area contributed by atoms with E-state index in [9.17, 15) is 9.18 Å². The van der Waals surface area contributed by atoms with Crippen LogP contribution in [0.15, 0.2) is 22.7 Å². The molecular formula is C11H8BrFN2O3. The summed E-state index contributed by atoms with van der Waals surface area (Å²) in [4.78, 5) is 10.7. The average molecular weight is 315 g/mol. The number of aromatic amines is 1. The Kier molecular flexibility index (Phi) is 3.33. The van der Waals surface area contributed by atoms with E-state index in [0.717, 1.165) is 0 Å². The van der Waals surface area contributed by atoms with E-state index in [1.54, 1.807) is 0 Å². The highest BCUT2D eigenvalue weighted by molar-refractivity contribution is 9.10. The Hall–Kier alpha value is -1.89. The average Bonchev–Trinajstić information content (AvgIpc) is 2.81. The minimum Gasteiger partial charge on any atom is -0.495 e. The molecule has 18 heavy (non-hydrogen) atoms. The zero-order valence-electron chi connectivity index (χ0n) is 9.20. The first-order valence-electron chi connectivity index (χ1n) is 4.85. The van der Waals surface area contributed by atoms with E-state index in [4.69, 9.17) is 9.84 Å². The summed E-state index contributed by atoms with van der Waals surface area (Å²) in [7, 11) is 1.43. The fraction of sp³-hybridized carbons (Fsp3) is 0.0909. The molecule has 0 unspecified atom stereocenters. The van der Waals surface area contributed by atoms with Crippen LogP contribution in [-0.2, 0) is 0 Å². The van der Waals surface area contributed by atoms with Crippen LogP contribution in [-0.4, -0.2) is 28.4 Å². The van der Waals surface area contributed by atoms with E-state index < -0.39 is 11.8 Å². The van der Waals surface area contributed by atoms with Gasteiger partial charge in [-0.3, -0.25) is 5.10 Å². The van der Waals surface area contributed by atoms with E-state index >= 15 is 0 Å². The van der Waals surface area contributed by atoms with E-state index in [1.807, 2.05) is 0 Å². The van der Waals surface area contributed by atoms with Gasteiger partial charge >= 0.3 is 5.97 Å². The van der Waals surface area contributed by atoms with Crippen molar-refractivity contribution in [2.75, 3.05) is 7.11 Å². The molecule has 0 fully saturated rings. The van der Waals surface area contributed by atoms with Gasteiger partial charge in [-0.2, -0.15) is 5.10 Å². The van der Waals surface area contributed by atoms with Gasteiger partial charge in [-0.05, 0) is 28.1 Å². The number of rotatable bonds is 3. The standard InChI is InChI=1S/C11H8BrFN2O3/c1-18-10-3-7(13)5(2-6(10)12)8-4-9(11(16)17)15-14-8/h2-4H,1H3,(H,14,15)(H,16,17). The molecule has 1 aromatic heterocycles. The van der Waals surface area contributed by atoms with Gasteiger partial charge in [0.05, 0.1) is 17.3 Å². The van der Waals surface area contributed by atoms with Crippen molar-refractivity contribution in [1.82, 2.24) is 10.2 Å². The molecular weight excluding hydrogens is 307 g/mol. The van der Waals surface area contributed by atoms with Crippen molar-refractivity contribution in [3.63, 3.8) is 0 Å². The van der Waals surface area contributed by atoms with Gasteiger partial charge in [0, 0.05) is 11.6 Å². The number of nitrogens with zero attached hydrogens (tertiary/aromatic N) is 1. The number of hydrogen-bond acceptors (Lipinski definition) is 3. The Morgan fingerprint density at radius 2 is 2.22 bits per heavy atom. The number of hydrogen-bond donors (Lipinski definition) is 2. The van der Waals surface area contributed by atoms with E-state index in [1.165, 1.54) is 25.3 Å². The van der Waals surface area contributed by atoms with Crippen molar-refractivity contribution >= 4 is 21.9 Å². The molecule has 1 aromatic carbocycles. The second kappa shape index (κ2) is 4.77. The molecule has 2 N–H and O–H groups in total. The van der Waals surface area contributed by atoms with Crippen LogP contribution in [0, 0.1) is 5.82 Å². The summed E-state index contributed by atoms with van der Waals surface area (Å²) in [5.41, 5.74) is 0.302. The van der Waals surface area contributed by atoms with Crippen LogP contribution in [0.3, 0.4) is 0 Å². The number of benzene rings is 1. The second-order valence-electron chi connectivity index (χ2n) is 3.44. The summed E-state index contributed by atoms with van der Waals surface area (Å²) >= 11 is 3.23. The highest BCUT2D eigenvalue weighted by atomic mass is 79.9. The largest absolute Gasteiger partial charge is 0.495 e. The van der Waals surface area contributed by atoms with Gasteiger partial charge in [-0.15, -0.1) is 0 Å². The van der Waals surface area contributed by atoms with Gasteiger partial charge in [0.25, 0.3) is 0 Å². The molecule has 94 valence electrons. The van der Waals surface area contributed by atoms with Crippen LogP contribution in [0.5, 0.6) is 5.75 Å². The summed E-state index contributed by atoms with van der Waals surface area (Å²) in [6, 6.07) is 3.95. The fourth-order valence-corrected chi connectivity index (χ4v) is 1.96. The van der Waals surface area contributed by atoms with Crippen molar-refractivity contribution in [2.24, 2.45) is 0 Å². The van der Waals surface area contributed by atoms with Crippen molar-refractivity contribution in [2.45, 2.75) is 0 Å². The quantitative estimate of drug-likeness (QED) is 0.913. The molecule has 0 aliphatic carbocycles. The SMILES string of the molecule is COc1cc(F)c(-c2cc(C(=O)O)[nH]n2)cc1Br. The van der Waals surface area contributed by atoms with E-state index in [2.05, 4.69) is 26.1 Å². The molecule has 2 rings (SSSR count). The summed E-state index contributed by atoms with van der Waals surface area (Å²) in [6.45, 7) is 0. The smallest absolute Gasteiger partial charge is 0.353 e. The number of ether oxygens (including phenoxy) is 1. The normalized spacial score (nSPS) is 10.4. The van der Waals surface area contributed by atoms with Crippen molar-refractivity contribution < 1.29 is 19.0 Å². The monoisotopic (exact) mass is 314 g/mol. The number of aromatic carboxylic acids is 1. The van der Waals surface area contributed by atoms with Gasteiger partial charge in [0.2, 0.25) is 0 Å². The summed E-state index contributed by atoms with van der Waals surface area (Å²) in [5, 5.41) is 14.8. The van der Waals surface area contributed by atoms with Crippen LogP contribution in [0.2, 0.25) is 0 Å². The lowest BCUT2D eigenvalue weighted by atomic mass is 10.1. The van der Waals surface area contributed by atoms with Gasteiger partial charge in [-0.25, -0.2) is 9.18 Å². The maximum Gasteiger partial charge on any atom is 0.353 e. The second-order valence-corrected chi connectivity index (χ2v) is 4.29. The number of carboxylic acid groups (broad SMARTS) is 1. The highest BCUT2D eigenvalue weighted by Crippen LogP contribution is 2.32. The zero-order valence-corrected chi connectivity index (χ0v) is 10.8. The third-order valence-corrected chi connectivity index (χ3v) is 2.95. The fourth-order valence-electron chi connectivity index (χ4n) is 1.45. The number of carboxylic acids is 1. The molecule has 2 aromatic rings. The summed E-state index contributed by atoms with van der Waals surface area (Å²) in [6.07, 6.45) is 0. The van der Waals surface area contributed by atoms with E-state index in [0.29, 0.717) is 10.2 Å². The predicted molar refractivity (Wildman–Crippen MR) is 65.2 cm³/mol. The molecule has 5 nitrogen and oxygen atoms in total. The topological polar surface area (TPSA) is 75.2 Å². The Bertz CT molecular complexity index is 612. The third-order valence-electron chi connectivity index (χ3n) is 2.33. The van der Waals surface area contributed by atoms with Gasteiger partial charge in [0.15, 0.2) is 0 Å². The van der Waals surface area contributed by atoms with Gasteiger partial charge in [-0.1, -0.05) is 0 Å². The molecule has 0 spiro atoms. The zero-order chi connectivity index (χ0) is 13.3. The maximum atomic E-state index is 13.8. The first kappa shape index (κ1) is 12.6. The van der Waals surface area contributed by atoms with Crippen LogP contribution in [0.4, 0.5) is 4.39 Å². The molecule has 7 heteroatoms. The van der Waals surface area contributed by atoms with Crippen LogP contribution >= 0.6 is 15.9 Å². The molecule has 0 amide bonds. The highest BCUT2D eigenvalue weighted by Gasteiger charge is 2.15. The van der Waals surface area contributed by atoms with Crippen LogP contribution < -0.4 is 4.74 Å². The minimum atomic E-state index is -1.15. The molecule has 1 heterocycles. The first-order chi connectivity index (χ1) is 8.52. The Balaban J connectivity index is 2.50. The van der Waals surface area contributed by atoms with Crippen molar-refractivity contribution in [3.8, 4) is 17.0 Å². The Labute approximate surface area is 110 Å². The number of H-pyrrole nitrogens is 1. The molecule has 0 saturated carbocycles. The van der Waals surface area contributed by atoms with Gasteiger partial charge in [0.1, 0.15) is 17.3 Å². The number of nitrogens with one attached hydrogen (secondary N) is 1. The number of halogens is 2. The third kappa shape index (κ3) is 2.21. The van der Waals surface area contributed by atoms with Crippen LogP contribution in [0.1, 0.15) is 10.5 Å². The van der Waals surface area contributed by atoms with Crippen molar-refractivity contribution in [1.29, 1.82) is 0 Å². The number of methoxy groups -OCH3 is 1. The molecule has 0 aliphatic rings. The molecule has 0 saturated heterocycles. The summed E-state index contributed by atoms with van der Waals surface area (Å²) < 4.78 is 19.3. The Morgan fingerprint density at radius 1 is 1.50 bits per heavy atom. The lowest BCUT2D eigenvalue weighted by Gasteiger charge is -2.06. The van der Waals surface area contributed by atoms with Crippen LogP contribution in [0.25, 0.3) is 11.3 Å². The lowest BCUT2D eigenvalue weighted by Crippen LogP contribution is -1.95. The molecule has 0 bridgehead atoms. The molecule has 0 aliphatic heterocycles. The minimum absolute atomic E-state index is 0.101. The molecule has 0 radical (unpaired) electrons. The predicted octanol–water partition coefficient (Wildman–Crippen LogP) is 2.69. The maximum absolute atomic E-state index is 13.8. The van der Waals surface area contributed by atoms with Gasteiger partial charge < -0.3 is 9.84 Å². The number of aromatic nitrogens is 2. The lowest BCUT2D eigenvalue weighted by molar-refractivity contribution is 0.0690. The molecule has 0 atom stereocenters. The van der Waals surface area contributed by atoms with Crippen molar-refractivity contribution in [3.05, 3.63) is 34.2 Å². The summed E-state index contributed by atoms with van der Waals surface area (Å²) in [5.74, 6) is -1.34. The Morgan fingerprint density at radius 3 is 2.78 bits per heavy atom. The van der Waals surface area contributed by atoms with E-state index in [-0.39, 0.29) is 17.0 Å². The first-order valence-corrected chi connectivity index (χ1v) is 5.64.